The van der Waals surface area contributed by atoms with Crippen LogP contribution in [0.4, 0.5) is 5.69 Å². The predicted molar refractivity (Wildman–Crippen MR) is 95.5 cm³/mol. The van der Waals surface area contributed by atoms with E-state index in [1.165, 1.54) is 0 Å². The summed E-state index contributed by atoms with van der Waals surface area (Å²) in [5, 5.41) is 3.05. The first-order chi connectivity index (χ1) is 10.9. The van der Waals surface area contributed by atoms with Gasteiger partial charge in [0.2, 0.25) is 11.8 Å². The van der Waals surface area contributed by atoms with E-state index in [-0.39, 0.29) is 11.8 Å². The summed E-state index contributed by atoms with van der Waals surface area (Å²) in [5.41, 5.74) is 3.26. The number of hydrogen-bond acceptors (Lipinski definition) is 2. The van der Waals surface area contributed by atoms with Crippen LogP contribution >= 0.6 is 0 Å². The molecule has 0 radical (unpaired) electrons. The van der Waals surface area contributed by atoms with Gasteiger partial charge in [0.15, 0.2) is 0 Å². The number of benzene rings is 1. The lowest BCUT2D eigenvalue weighted by atomic mass is 10.0. The van der Waals surface area contributed by atoms with Crippen molar-refractivity contribution in [3.63, 3.8) is 0 Å². The number of carbonyl (C=O) groups is 2. The summed E-state index contributed by atoms with van der Waals surface area (Å²) in [6, 6.07) is 6.14. The molecule has 1 rings (SSSR count). The second-order valence-corrected chi connectivity index (χ2v) is 6.32. The van der Waals surface area contributed by atoms with E-state index in [4.69, 9.17) is 0 Å². The van der Waals surface area contributed by atoms with Gasteiger partial charge in [0.25, 0.3) is 0 Å². The van der Waals surface area contributed by atoms with E-state index >= 15 is 0 Å². The molecule has 1 aromatic carbocycles. The monoisotopic (exact) mass is 318 g/mol. The van der Waals surface area contributed by atoms with E-state index in [0.29, 0.717) is 25.4 Å². The predicted octanol–water partition coefficient (Wildman–Crippen LogP) is 3.64. The molecule has 0 atom stereocenters. The van der Waals surface area contributed by atoms with Crippen molar-refractivity contribution in [3.8, 4) is 0 Å². The Kier molecular flexibility index (Phi) is 7.79. The Morgan fingerprint density at radius 1 is 1.13 bits per heavy atom. The van der Waals surface area contributed by atoms with E-state index < -0.39 is 0 Å². The smallest absolute Gasteiger partial charge is 0.226 e. The quantitative estimate of drug-likeness (QED) is 0.795. The molecule has 4 nitrogen and oxygen atoms in total. The number of anilines is 1. The third-order valence-corrected chi connectivity index (χ3v) is 3.90. The van der Waals surface area contributed by atoms with E-state index in [1.54, 1.807) is 11.8 Å². The van der Waals surface area contributed by atoms with Gasteiger partial charge in [-0.25, -0.2) is 0 Å². The van der Waals surface area contributed by atoms with E-state index in [1.807, 2.05) is 6.07 Å². The summed E-state index contributed by atoms with van der Waals surface area (Å²) in [6.45, 7) is 11.0. The third kappa shape index (κ3) is 6.05. The molecule has 0 unspecified atom stereocenters. The first-order valence-corrected chi connectivity index (χ1v) is 8.55. The molecule has 0 saturated carbocycles. The van der Waals surface area contributed by atoms with Crippen LogP contribution in [0, 0.1) is 5.92 Å². The highest BCUT2D eigenvalue weighted by Gasteiger charge is 2.14. The summed E-state index contributed by atoms with van der Waals surface area (Å²) >= 11 is 0. The topological polar surface area (TPSA) is 49.4 Å². The molecule has 0 aliphatic carbocycles. The Morgan fingerprint density at radius 2 is 1.70 bits per heavy atom. The maximum absolute atomic E-state index is 12.3. The first kappa shape index (κ1) is 19.2. The van der Waals surface area contributed by atoms with E-state index in [9.17, 15) is 9.59 Å². The number of carbonyl (C=O) groups excluding carboxylic acids is 2. The van der Waals surface area contributed by atoms with Gasteiger partial charge in [-0.05, 0) is 29.9 Å². The molecule has 23 heavy (non-hydrogen) atoms. The van der Waals surface area contributed by atoms with Crippen LogP contribution in [0.3, 0.4) is 0 Å². The van der Waals surface area contributed by atoms with Crippen molar-refractivity contribution in [3.05, 3.63) is 29.3 Å². The zero-order valence-electron chi connectivity index (χ0n) is 15.1. The van der Waals surface area contributed by atoms with Crippen molar-refractivity contribution in [1.82, 2.24) is 4.90 Å². The molecule has 4 heteroatoms. The first-order valence-electron chi connectivity index (χ1n) is 8.55. The second-order valence-electron chi connectivity index (χ2n) is 6.32. The molecule has 0 spiro atoms. The summed E-state index contributed by atoms with van der Waals surface area (Å²) in [4.78, 5) is 25.7. The second kappa shape index (κ2) is 9.33. The van der Waals surface area contributed by atoms with Gasteiger partial charge in [-0.15, -0.1) is 0 Å². The van der Waals surface area contributed by atoms with E-state index in [0.717, 1.165) is 29.7 Å². The molecule has 1 aromatic rings. The molecular formula is C19H30N2O2. The van der Waals surface area contributed by atoms with Crippen LogP contribution in [-0.4, -0.2) is 29.8 Å². The molecule has 0 bridgehead atoms. The maximum Gasteiger partial charge on any atom is 0.226 e. The van der Waals surface area contributed by atoms with Gasteiger partial charge in [-0.3, -0.25) is 9.59 Å². The van der Waals surface area contributed by atoms with Crippen LogP contribution in [0.25, 0.3) is 0 Å². The summed E-state index contributed by atoms with van der Waals surface area (Å²) in [6.07, 6.45) is 2.10. The highest BCUT2D eigenvalue weighted by molar-refractivity contribution is 5.92. The molecule has 2 amide bonds. The van der Waals surface area contributed by atoms with Gasteiger partial charge < -0.3 is 10.2 Å². The number of aryl methyl sites for hydroxylation is 2. The zero-order valence-corrected chi connectivity index (χ0v) is 15.1. The lowest BCUT2D eigenvalue weighted by molar-refractivity contribution is -0.129. The molecule has 0 heterocycles. The number of hydrogen-bond donors (Lipinski definition) is 1. The number of nitrogens with zero attached hydrogens (tertiary/aromatic N) is 1. The van der Waals surface area contributed by atoms with Crippen molar-refractivity contribution in [1.29, 1.82) is 0 Å². The third-order valence-electron chi connectivity index (χ3n) is 3.90. The van der Waals surface area contributed by atoms with Gasteiger partial charge in [0.05, 0.1) is 0 Å². The van der Waals surface area contributed by atoms with Crippen LogP contribution in [0.1, 0.15) is 52.2 Å². The van der Waals surface area contributed by atoms with Crippen molar-refractivity contribution >= 4 is 17.5 Å². The van der Waals surface area contributed by atoms with Crippen LogP contribution in [0.15, 0.2) is 18.2 Å². The minimum absolute atomic E-state index is 0.0229. The number of rotatable bonds is 8. The fraction of sp³-hybridized carbons (Fsp3) is 0.579. The molecule has 0 aliphatic heterocycles. The maximum atomic E-state index is 12.3. The van der Waals surface area contributed by atoms with Crippen LogP contribution in [-0.2, 0) is 22.4 Å². The number of amides is 2. The van der Waals surface area contributed by atoms with Crippen LogP contribution in [0.2, 0.25) is 0 Å². The molecule has 0 saturated heterocycles. The number of para-hydroxylation sites is 1. The van der Waals surface area contributed by atoms with Crippen molar-refractivity contribution < 1.29 is 9.59 Å². The Labute approximate surface area is 140 Å². The Hall–Kier alpha value is -1.84. The van der Waals surface area contributed by atoms with Crippen LogP contribution < -0.4 is 5.32 Å². The average Bonchev–Trinajstić information content (AvgIpc) is 2.50. The van der Waals surface area contributed by atoms with Gasteiger partial charge in [0, 0.05) is 32.1 Å². The lowest BCUT2D eigenvalue weighted by Crippen LogP contribution is -2.35. The molecule has 128 valence electrons. The van der Waals surface area contributed by atoms with Crippen LogP contribution in [0.5, 0.6) is 0 Å². The minimum Gasteiger partial charge on any atom is -0.342 e. The Morgan fingerprint density at radius 3 is 2.13 bits per heavy atom. The van der Waals surface area contributed by atoms with E-state index in [2.05, 4.69) is 45.1 Å². The van der Waals surface area contributed by atoms with Crippen molar-refractivity contribution in [2.24, 2.45) is 5.92 Å². The SMILES string of the molecule is CCc1cccc(CC)c1NC(=O)CCN(CC(C)C)C(C)=O. The molecule has 0 aromatic heterocycles. The zero-order chi connectivity index (χ0) is 17.4. The summed E-state index contributed by atoms with van der Waals surface area (Å²) in [7, 11) is 0. The highest BCUT2D eigenvalue weighted by atomic mass is 16.2. The summed E-state index contributed by atoms with van der Waals surface area (Å²) in [5.74, 6) is 0.389. The number of nitrogens with one attached hydrogen (secondary N) is 1. The van der Waals surface area contributed by atoms with Gasteiger partial charge in [-0.2, -0.15) is 0 Å². The van der Waals surface area contributed by atoms with Gasteiger partial charge in [-0.1, -0.05) is 45.9 Å². The average molecular weight is 318 g/mol. The van der Waals surface area contributed by atoms with Gasteiger partial charge >= 0.3 is 0 Å². The summed E-state index contributed by atoms with van der Waals surface area (Å²) < 4.78 is 0. The molecule has 0 fully saturated rings. The Balaban J connectivity index is 2.72. The van der Waals surface area contributed by atoms with Gasteiger partial charge in [0.1, 0.15) is 0 Å². The normalized spacial score (nSPS) is 10.7. The standard InChI is InChI=1S/C19H30N2O2/c1-6-16-9-8-10-17(7-2)19(16)20-18(23)11-12-21(15(5)22)13-14(3)4/h8-10,14H,6-7,11-13H2,1-5H3,(H,20,23). The van der Waals surface area contributed by atoms with Crippen molar-refractivity contribution in [2.75, 3.05) is 18.4 Å². The lowest BCUT2D eigenvalue weighted by Gasteiger charge is -2.23. The minimum atomic E-state index is -0.0318. The molecule has 1 N–H and O–H groups in total. The fourth-order valence-corrected chi connectivity index (χ4v) is 2.66. The van der Waals surface area contributed by atoms with Crippen molar-refractivity contribution in [2.45, 2.75) is 53.9 Å². The molecule has 0 aliphatic rings. The molecular weight excluding hydrogens is 288 g/mol. The highest BCUT2D eigenvalue weighted by Crippen LogP contribution is 2.22. The fourth-order valence-electron chi connectivity index (χ4n) is 2.66. The largest absolute Gasteiger partial charge is 0.342 e. The Bertz CT molecular complexity index is 516.